The number of rotatable bonds is 2. The van der Waals surface area contributed by atoms with Crippen LogP contribution in [0.15, 0.2) is 30.3 Å². The zero-order chi connectivity index (χ0) is 18.8. The normalized spacial score (nSPS) is 21.5. The average Bonchev–Trinajstić information content (AvgIpc) is 2.46. The Hall–Kier alpha value is -2.02. The molecule has 4 nitrogen and oxygen atoms in total. The predicted octanol–water partition coefficient (Wildman–Crippen LogP) is 4.10. The number of hydrogen-bond acceptors (Lipinski definition) is 3. The van der Waals surface area contributed by atoms with Gasteiger partial charge in [0.2, 0.25) is 0 Å². The van der Waals surface area contributed by atoms with E-state index in [4.69, 9.17) is 10.5 Å². The van der Waals surface area contributed by atoms with Crippen LogP contribution in [-0.4, -0.2) is 23.8 Å². The van der Waals surface area contributed by atoms with Crippen molar-refractivity contribution in [3.8, 4) is 0 Å². The van der Waals surface area contributed by atoms with E-state index in [9.17, 15) is 18.0 Å². The molecule has 138 valence electrons. The van der Waals surface area contributed by atoms with Crippen LogP contribution < -0.4 is 11.1 Å². The van der Waals surface area contributed by atoms with Crippen molar-refractivity contribution in [2.24, 2.45) is 5.73 Å². The first-order chi connectivity index (χ1) is 11.5. The lowest BCUT2D eigenvalue weighted by molar-refractivity contribution is -0.137. The lowest BCUT2D eigenvalue weighted by Gasteiger charge is -2.30. The number of carbonyl (C=O) groups is 1. The maximum absolute atomic E-state index is 12.8. The highest BCUT2D eigenvalue weighted by Crippen LogP contribution is 2.33. The third-order valence-electron chi connectivity index (χ3n) is 3.85. The van der Waals surface area contributed by atoms with Gasteiger partial charge < -0.3 is 15.8 Å². The second-order valence-electron chi connectivity index (χ2n) is 7.16. The molecule has 0 fully saturated rings. The van der Waals surface area contributed by atoms with E-state index in [1.54, 1.807) is 26.8 Å². The lowest BCUT2D eigenvalue weighted by atomic mass is 9.87. The maximum Gasteiger partial charge on any atom is 0.416 e. The van der Waals surface area contributed by atoms with Crippen molar-refractivity contribution in [3.63, 3.8) is 0 Å². The molecule has 0 bridgehead atoms. The second kappa shape index (κ2) is 7.07. The molecule has 0 heterocycles. The predicted molar refractivity (Wildman–Crippen MR) is 89.8 cm³/mol. The molecule has 1 aromatic carbocycles. The van der Waals surface area contributed by atoms with E-state index in [1.807, 2.05) is 6.08 Å². The molecule has 7 heteroatoms. The summed E-state index contributed by atoms with van der Waals surface area (Å²) in [6.07, 6.45) is -2.30. The number of halogens is 3. The van der Waals surface area contributed by atoms with Crippen LogP contribution in [0.25, 0.3) is 5.57 Å². The standard InChI is InChI=1S/C18H23F3N2O2/c1-17(2,3)25-16(24)23-15-8-7-12(10-14(15)22)11-5-4-6-13(9-11)18(19,20)21/h4-7,9,14-15H,8,10,22H2,1-3H3,(H,23,24)/t14-,15-/m0/s1. The van der Waals surface area contributed by atoms with Crippen molar-refractivity contribution in [2.75, 3.05) is 0 Å². The maximum atomic E-state index is 12.8. The van der Waals surface area contributed by atoms with Crippen molar-refractivity contribution in [2.45, 2.75) is 57.5 Å². The van der Waals surface area contributed by atoms with E-state index in [0.29, 0.717) is 18.4 Å². The molecule has 1 aliphatic rings. The molecule has 2 rings (SSSR count). The Morgan fingerprint density at radius 3 is 2.52 bits per heavy atom. The number of benzene rings is 1. The molecule has 0 saturated carbocycles. The van der Waals surface area contributed by atoms with Crippen LogP contribution in [0, 0.1) is 0 Å². The summed E-state index contributed by atoms with van der Waals surface area (Å²) in [6, 6.07) is 4.47. The number of amides is 1. The fraction of sp³-hybridized carbons (Fsp3) is 0.500. The van der Waals surface area contributed by atoms with Crippen LogP contribution in [0.1, 0.15) is 44.7 Å². The summed E-state index contributed by atoms with van der Waals surface area (Å²) in [4.78, 5) is 11.8. The fourth-order valence-corrected chi connectivity index (χ4v) is 2.68. The molecule has 0 saturated heterocycles. The van der Waals surface area contributed by atoms with Crippen molar-refractivity contribution in [1.29, 1.82) is 0 Å². The van der Waals surface area contributed by atoms with Crippen LogP contribution in [0.2, 0.25) is 0 Å². The van der Waals surface area contributed by atoms with Gasteiger partial charge in [0.05, 0.1) is 11.6 Å². The Morgan fingerprint density at radius 2 is 1.96 bits per heavy atom. The Labute approximate surface area is 145 Å². The topological polar surface area (TPSA) is 64.3 Å². The summed E-state index contributed by atoms with van der Waals surface area (Å²) >= 11 is 0. The van der Waals surface area contributed by atoms with Crippen molar-refractivity contribution < 1.29 is 22.7 Å². The van der Waals surface area contributed by atoms with Crippen LogP contribution >= 0.6 is 0 Å². The monoisotopic (exact) mass is 356 g/mol. The number of alkyl halides is 3. The van der Waals surface area contributed by atoms with E-state index >= 15 is 0 Å². The zero-order valence-electron chi connectivity index (χ0n) is 14.5. The molecule has 0 radical (unpaired) electrons. The number of carbonyl (C=O) groups excluding carboxylic acids is 1. The van der Waals surface area contributed by atoms with Gasteiger partial charge in [0.1, 0.15) is 5.60 Å². The van der Waals surface area contributed by atoms with Crippen molar-refractivity contribution >= 4 is 11.7 Å². The van der Waals surface area contributed by atoms with E-state index in [0.717, 1.165) is 17.7 Å². The minimum absolute atomic E-state index is 0.315. The molecule has 0 unspecified atom stereocenters. The van der Waals surface area contributed by atoms with Gasteiger partial charge in [-0.15, -0.1) is 0 Å². The van der Waals surface area contributed by atoms with E-state index < -0.39 is 29.5 Å². The van der Waals surface area contributed by atoms with E-state index in [2.05, 4.69) is 5.32 Å². The van der Waals surface area contributed by atoms with Gasteiger partial charge in [0.25, 0.3) is 0 Å². The molecule has 2 atom stereocenters. The van der Waals surface area contributed by atoms with Crippen LogP contribution in [0.3, 0.4) is 0 Å². The summed E-state index contributed by atoms with van der Waals surface area (Å²) in [5.74, 6) is 0. The number of nitrogens with two attached hydrogens (primary N) is 1. The van der Waals surface area contributed by atoms with Crippen LogP contribution in [-0.2, 0) is 10.9 Å². The highest BCUT2D eigenvalue weighted by molar-refractivity contribution is 5.70. The summed E-state index contributed by atoms with van der Waals surface area (Å²) in [5, 5.41) is 2.72. The molecule has 1 aromatic rings. The smallest absolute Gasteiger partial charge is 0.416 e. The van der Waals surface area contributed by atoms with Gasteiger partial charge in [-0.1, -0.05) is 18.2 Å². The Balaban J connectivity index is 2.08. The van der Waals surface area contributed by atoms with Crippen molar-refractivity contribution in [3.05, 3.63) is 41.5 Å². The molecule has 0 aromatic heterocycles. The highest BCUT2D eigenvalue weighted by atomic mass is 19.4. The summed E-state index contributed by atoms with van der Waals surface area (Å²) < 4.78 is 43.7. The Kier molecular flexibility index (Phi) is 5.46. The minimum Gasteiger partial charge on any atom is -0.444 e. The second-order valence-corrected chi connectivity index (χ2v) is 7.16. The SMILES string of the molecule is CC(C)(C)OC(=O)N[C@H]1CC=C(c2cccc(C(F)(F)F)c2)C[C@@H]1N. The number of ether oxygens (including phenoxy) is 1. The van der Waals surface area contributed by atoms with Gasteiger partial charge in [-0.2, -0.15) is 13.2 Å². The van der Waals surface area contributed by atoms with Gasteiger partial charge in [-0.05, 0) is 56.9 Å². The zero-order valence-corrected chi connectivity index (χ0v) is 14.5. The molecular weight excluding hydrogens is 333 g/mol. The molecule has 25 heavy (non-hydrogen) atoms. The fourth-order valence-electron chi connectivity index (χ4n) is 2.68. The summed E-state index contributed by atoms with van der Waals surface area (Å²) in [5.41, 5.74) is 6.07. The first-order valence-corrected chi connectivity index (χ1v) is 8.07. The summed E-state index contributed by atoms with van der Waals surface area (Å²) in [6.45, 7) is 5.29. The molecule has 1 amide bonds. The number of hydrogen-bond donors (Lipinski definition) is 2. The van der Waals surface area contributed by atoms with E-state index in [-0.39, 0.29) is 6.04 Å². The van der Waals surface area contributed by atoms with Gasteiger partial charge in [-0.25, -0.2) is 4.79 Å². The first kappa shape index (κ1) is 19.3. The first-order valence-electron chi connectivity index (χ1n) is 8.07. The minimum atomic E-state index is -4.38. The molecule has 3 N–H and O–H groups in total. The average molecular weight is 356 g/mol. The molecular formula is C18H23F3N2O2. The molecule has 0 spiro atoms. The van der Waals surface area contributed by atoms with E-state index in [1.165, 1.54) is 6.07 Å². The third-order valence-corrected chi connectivity index (χ3v) is 3.85. The van der Waals surface area contributed by atoms with Gasteiger partial charge in [0.15, 0.2) is 0 Å². The molecule has 0 aliphatic heterocycles. The van der Waals surface area contributed by atoms with Crippen molar-refractivity contribution in [1.82, 2.24) is 5.32 Å². The van der Waals surface area contributed by atoms with Crippen LogP contribution in [0.4, 0.5) is 18.0 Å². The lowest BCUT2D eigenvalue weighted by Crippen LogP contribution is -2.50. The van der Waals surface area contributed by atoms with Gasteiger partial charge in [0, 0.05) is 6.04 Å². The number of alkyl carbamates (subject to hydrolysis) is 1. The van der Waals surface area contributed by atoms with Crippen LogP contribution in [0.5, 0.6) is 0 Å². The largest absolute Gasteiger partial charge is 0.444 e. The third kappa shape index (κ3) is 5.49. The Bertz CT molecular complexity index is 663. The number of nitrogens with one attached hydrogen (secondary N) is 1. The quantitative estimate of drug-likeness (QED) is 0.838. The van der Waals surface area contributed by atoms with Gasteiger partial charge >= 0.3 is 12.3 Å². The highest BCUT2D eigenvalue weighted by Gasteiger charge is 2.31. The summed E-state index contributed by atoms with van der Waals surface area (Å²) in [7, 11) is 0. The van der Waals surface area contributed by atoms with Gasteiger partial charge in [-0.3, -0.25) is 0 Å². The molecule has 1 aliphatic carbocycles. The Morgan fingerprint density at radius 1 is 1.28 bits per heavy atom.